The lowest BCUT2D eigenvalue weighted by molar-refractivity contribution is 1.01. The molecule has 1 aromatic carbocycles. The first kappa shape index (κ1) is 13.2. The highest BCUT2D eigenvalue weighted by Gasteiger charge is 2.16. The molecule has 0 aliphatic carbocycles. The van der Waals surface area contributed by atoms with Gasteiger partial charge in [-0.1, -0.05) is 0 Å². The van der Waals surface area contributed by atoms with Crippen LogP contribution in [0.15, 0.2) is 28.1 Å². The Balaban J connectivity index is 2.06. The predicted molar refractivity (Wildman–Crippen MR) is 103 cm³/mol. The van der Waals surface area contributed by atoms with E-state index in [2.05, 4.69) is 70.3 Å². The molecule has 110 valence electrons. The number of aryl methyl sites for hydroxylation is 3. The molecular formula is C17H13BrN2S2. The third kappa shape index (κ3) is 1.49. The highest BCUT2D eigenvalue weighted by Crippen LogP contribution is 2.42. The second-order valence-corrected chi connectivity index (χ2v) is 9.53. The van der Waals surface area contributed by atoms with Crippen molar-refractivity contribution in [2.75, 3.05) is 0 Å². The Morgan fingerprint density at radius 3 is 1.95 bits per heavy atom. The van der Waals surface area contributed by atoms with Gasteiger partial charge in [0.05, 0.1) is 35.3 Å². The summed E-state index contributed by atoms with van der Waals surface area (Å²) in [6, 6.07) is 9.24. The van der Waals surface area contributed by atoms with Gasteiger partial charge in [-0.3, -0.25) is 0 Å². The summed E-state index contributed by atoms with van der Waals surface area (Å²) < 4.78 is 8.60. The largest absolute Gasteiger partial charge is 0.343 e. The van der Waals surface area contributed by atoms with Gasteiger partial charge in [0.25, 0.3) is 0 Å². The van der Waals surface area contributed by atoms with Crippen LogP contribution in [-0.4, -0.2) is 9.13 Å². The molecule has 0 radical (unpaired) electrons. The standard InChI is InChI=1S/C17H13BrN2S2/c1-8-4-13-16(21-8)9-5-12-10(6-11(9)19(13)2)17-14(20(12)3)7-15(18)22-17/h4-7H,1-3H3. The molecular weight excluding hydrogens is 376 g/mol. The molecule has 5 heteroatoms. The van der Waals surface area contributed by atoms with Crippen LogP contribution in [0.25, 0.3) is 42.2 Å². The molecule has 4 heterocycles. The summed E-state index contributed by atoms with van der Waals surface area (Å²) in [5.41, 5.74) is 5.29. The molecule has 0 saturated carbocycles. The molecule has 2 nitrogen and oxygen atoms in total. The Morgan fingerprint density at radius 1 is 0.773 bits per heavy atom. The summed E-state index contributed by atoms with van der Waals surface area (Å²) >= 11 is 7.33. The highest BCUT2D eigenvalue weighted by molar-refractivity contribution is 9.11. The van der Waals surface area contributed by atoms with Crippen molar-refractivity contribution in [1.29, 1.82) is 0 Å². The second kappa shape index (κ2) is 4.16. The van der Waals surface area contributed by atoms with Gasteiger partial charge in [0.1, 0.15) is 0 Å². The van der Waals surface area contributed by atoms with Crippen LogP contribution in [0.5, 0.6) is 0 Å². The number of hydrogen-bond acceptors (Lipinski definition) is 2. The summed E-state index contributed by atoms with van der Waals surface area (Å²) in [6.45, 7) is 2.19. The van der Waals surface area contributed by atoms with Gasteiger partial charge in [-0.2, -0.15) is 0 Å². The number of thiophene rings is 2. The van der Waals surface area contributed by atoms with Gasteiger partial charge in [-0.15, -0.1) is 22.7 Å². The lowest BCUT2D eigenvalue weighted by atomic mass is 10.2. The predicted octanol–water partition coefficient (Wildman–Crippen LogP) is 6.17. The lowest BCUT2D eigenvalue weighted by Gasteiger charge is -2.01. The number of hydrogen-bond donors (Lipinski definition) is 0. The molecule has 0 aliphatic heterocycles. The zero-order valence-corrected chi connectivity index (χ0v) is 15.6. The van der Waals surface area contributed by atoms with Crippen LogP contribution in [-0.2, 0) is 14.1 Å². The van der Waals surface area contributed by atoms with E-state index in [0.29, 0.717) is 0 Å². The summed E-state index contributed by atoms with van der Waals surface area (Å²) in [7, 11) is 4.34. The SMILES string of the molecule is Cc1cc2c(s1)c1cc3c(cc1n2C)c1sc(Br)cc1n3C. The van der Waals surface area contributed by atoms with Crippen molar-refractivity contribution in [3.8, 4) is 0 Å². The van der Waals surface area contributed by atoms with E-state index in [-0.39, 0.29) is 0 Å². The fourth-order valence-electron chi connectivity index (χ4n) is 3.49. The fourth-order valence-corrected chi connectivity index (χ4v) is 6.20. The van der Waals surface area contributed by atoms with Gasteiger partial charge in [0.15, 0.2) is 0 Å². The van der Waals surface area contributed by atoms with E-state index in [0.717, 1.165) is 0 Å². The van der Waals surface area contributed by atoms with Gasteiger partial charge >= 0.3 is 0 Å². The average molecular weight is 389 g/mol. The van der Waals surface area contributed by atoms with Crippen molar-refractivity contribution in [1.82, 2.24) is 9.13 Å². The maximum absolute atomic E-state index is 3.62. The van der Waals surface area contributed by atoms with E-state index in [1.54, 1.807) is 0 Å². The molecule has 4 aromatic heterocycles. The average Bonchev–Trinajstić information content (AvgIpc) is 3.17. The maximum Gasteiger partial charge on any atom is 0.0726 e. The molecule has 0 unspecified atom stereocenters. The van der Waals surface area contributed by atoms with Gasteiger partial charge in [0.2, 0.25) is 0 Å². The number of halogens is 1. The van der Waals surface area contributed by atoms with Crippen LogP contribution in [0.3, 0.4) is 0 Å². The fraction of sp³-hybridized carbons (Fsp3) is 0.176. The molecule has 0 saturated heterocycles. The maximum atomic E-state index is 3.62. The van der Waals surface area contributed by atoms with E-state index in [1.165, 1.54) is 50.9 Å². The first-order valence-electron chi connectivity index (χ1n) is 7.10. The third-order valence-electron chi connectivity index (χ3n) is 4.57. The minimum Gasteiger partial charge on any atom is -0.343 e. The van der Waals surface area contributed by atoms with E-state index in [4.69, 9.17) is 0 Å². The zero-order chi connectivity index (χ0) is 15.2. The molecule has 22 heavy (non-hydrogen) atoms. The van der Waals surface area contributed by atoms with Crippen LogP contribution in [0, 0.1) is 6.92 Å². The van der Waals surface area contributed by atoms with Crippen LogP contribution < -0.4 is 0 Å². The molecule has 0 bridgehead atoms. The Labute approximate surface area is 143 Å². The van der Waals surface area contributed by atoms with Crippen molar-refractivity contribution < 1.29 is 0 Å². The molecule has 5 rings (SSSR count). The van der Waals surface area contributed by atoms with Crippen LogP contribution in [0.2, 0.25) is 0 Å². The van der Waals surface area contributed by atoms with Gasteiger partial charge < -0.3 is 9.13 Å². The molecule has 0 amide bonds. The summed E-state index contributed by atoms with van der Waals surface area (Å²) in [4.78, 5) is 1.37. The molecule has 0 aliphatic rings. The van der Waals surface area contributed by atoms with Crippen molar-refractivity contribution in [2.24, 2.45) is 14.1 Å². The Bertz CT molecular complexity index is 1120. The number of aromatic nitrogens is 2. The molecule has 5 aromatic rings. The van der Waals surface area contributed by atoms with Crippen molar-refractivity contribution in [3.05, 3.63) is 32.9 Å². The minimum atomic E-state index is 1.19. The summed E-state index contributed by atoms with van der Waals surface area (Å²) in [6.07, 6.45) is 0. The van der Waals surface area contributed by atoms with Gasteiger partial charge in [-0.25, -0.2) is 0 Å². The summed E-state index contributed by atoms with van der Waals surface area (Å²) in [5, 5.41) is 2.72. The molecule has 0 spiro atoms. The number of nitrogens with zero attached hydrogens (tertiary/aromatic N) is 2. The van der Waals surface area contributed by atoms with Crippen molar-refractivity contribution in [2.45, 2.75) is 6.92 Å². The zero-order valence-electron chi connectivity index (χ0n) is 12.4. The molecule has 0 N–H and O–H groups in total. The van der Waals surface area contributed by atoms with E-state index in [9.17, 15) is 0 Å². The number of benzene rings is 1. The van der Waals surface area contributed by atoms with Gasteiger partial charge in [0, 0.05) is 29.7 Å². The van der Waals surface area contributed by atoms with Crippen molar-refractivity contribution in [3.63, 3.8) is 0 Å². The Morgan fingerprint density at radius 2 is 1.32 bits per heavy atom. The quantitative estimate of drug-likeness (QED) is 0.300. The lowest BCUT2D eigenvalue weighted by Crippen LogP contribution is -1.87. The number of fused-ring (bicyclic) bond motifs is 6. The second-order valence-electron chi connectivity index (χ2n) is 5.84. The highest BCUT2D eigenvalue weighted by atomic mass is 79.9. The smallest absolute Gasteiger partial charge is 0.0726 e. The Hall–Kier alpha value is -1.30. The van der Waals surface area contributed by atoms with E-state index in [1.807, 2.05) is 22.7 Å². The van der Waals surface area contributed by atoms with Crippen molar-refractivity contribution >= 4 is 80.8 Å². The third-order valence-corrected chi connectivity index (χ3v) is 7.30. The summed E-state index contributed by atoms with van der Waals surface area (Å²) in [5.74, 6) is 0. The first-order valence-corrected chi connectivity index (χ1v) is 9.53. The van der Waals surface area contributed by atoms with Crippen LogP contribution in [0.4, 0.5) is 0 Å². The normalized spacial score (nSPS) is 12.5. The van der Waals surface area contributed by atoms with E-state index >= 15 is 0 Å². The minimum absolute atomic E-state index is 1.19. The molecule has 0 fully saturated rings. The number of rotatable bonds is 0. The van der Waals surface area contributed by atoms with E-state index < -0.39 is 0 Å². The topological polar surface area (TPSA) is 9.86 Å². The Kier molecular flexibility index (Phi) is 2.49. The van der Waals surface area contributed by atoms with Crippen LogP contribution >= 0.6 is 38.6 Å². The molecule has 0 atom stereocenters. The monoisotopic (exact) mass is 388 g/mol. The van der Waals surface area contributed by atoms with Gasteiger partial charge in [-0.05, 0) is 47.1 Å². The van der Waals surface area contributed by atoms with Crippen LogP contribution in [0.1, 0.15) is 4.88 Å². The first-order chi connectivity index (χ1) is 10.5.